The van der Waals surface area contributed by atoms with E-state index in [0.29, 0.717) is 0 Å². The first-order chi connectivity index (χ1) is 9.00. The number of hydrogen-bond acceptors (Lipinski definition) is 2. The van der Waals surface area contributed by atoms with Crippen molar-refractivity contribution >= 4 is 17.3 Å². The zero-order valence-electron chi connectivity index (χ0n) is 10.9. The molecule has 19 heavy (non-hydrogen) atoms. The Bertz CT molecular complexity index is 625. The van der Waals surface area contributed by atoms with Crippen molar-refractivity contribution in [2.75, 3.05) is 17.7 Å². The molecular weight excluding hydrogens is 243 g/mol. The molecule has 0 unspecified atom stereocenters. The van der Waals surface area contributed by atoms with Crippen LogP contribution in [0.2, 0.25) is 0 Å². The monoisotopic (exact) mass is 258 g/mol. The van der Waals surface area contributed by atoms with E-state index in [0.717, 1.165) is 17.3 Å². The van der Waals surface area contributed by atoms with E-state index in [9.17, 15) is 9.18 Å². The van der Waals surface area contributed by atoms with E-state index in [2.05, 4.69) is 0 Å². The molecule has 0 saturated carbocycles. The Labute approximate surface area is 111 Å². The number of nitrogen functional groups attached to an aromatic ring is 1. The SMILES string of the molecule is Cc1ccccc1N(C)C(=O)c1cc(F)ccc1N. The van der Waals surface area contributed by atoms with Gasteiger partial charge in [-0.2, -0.15) is 0 Å². The number of amides is 1. The topological polar surface area (TPSA) is 46.3 Å². The van der Waals surface area contributed by atoms with Crippen LogP contribution in [-0.2, 0) is 0 Å². The number of nitrogens with zero attached hydrogens (tertiary/aromatic N) is 1. The van der Waals surface area contributed by atoms with Gasteiger partial charge in [-0.3, -0.25) is 4.79 Å². The molecule has 0 bridgehead atoms. The summed E-state index contributed by atoms with van der Waals surface area (Å²) in [5.41, 5.74) is 7.91. The van der Waals surface area contributed by atoms with E-state index in [1.165, 1.54) is 17.0 Å². The zero-order chi connectivity index (χ0) is 14.0. The fourth-order valence-electron chi connectivity index (χ4n) is 1.94. The van der Waals surface area contributed by atoms with E-state index in [1.807, 2.05) is 31.2 Å². The molecule has 0 aliphatic rings. The summed E-state index contributed by atoms with van der Waals surface area (Å²) in [6.07, 6.45) is 0. The summed E-state index contributed by atoms with van der Waals surface area (Å²) in [6, 6.07) is 11.3. The molecule has 2 N–H and O–H groups in total. The number of nitrogens with two attached hydrogens (primary N) is 1. The van der Waals surface area contributed by atoms with Gasteiger partial charge in [0.15, 0.2) is 0 Å². The number of carbonyl (C=O) groups is 1. The summed E-state index contributed by atoms with van der Waals surface area (Å²) >= 11 is 0. The van der Waals surface area contributed by atoms with Crippen molar-refractivity contribution in [3.05, 3.63) is 59.4 Å². The number of anilines is 2. The second-order valence-corrected chi connectivity index (χ2v) is 4.38. The van der Waals surface area contributed by atoms with Crippen LogP contribution in [0.3, 0.4) is 0 Å². The van der Waals surface area contributed by atoms with Crippen molar-refractivity contribution < 1.29 is 9.18 Å². The quantitative estimate of drug-likeness (QED) is 0.842. The zero-order valence-corrected chi connectivity index (χ0v) is 10.9. The van der Waals surface area contributed by atoms with Gasteiger partial charge in [0, 0.05) is 18.4 Å². The number of para-hydroxylation sites is 1. The lowest BCUT2D eigenvalue weighted by molar-refractivity contribution is 0.0993. The van der Waals surface area contributed by atoms with Crippen molar-refractivity contribution in [1.82, 2.24) is 0 Å². The van der Waals surface area contributed by atoms with Crippen LogP contribution >= 0.6 is 0 Å². The predicted molar refractivity (Wildman–Crippen MR) is 74.7 cm³/mol. The molecule has 0 aliphatic heterocycles. The maximum Gasteiger partial charge on any atom is 0.260 e. The van der Waals surface area contributed by atoms with Crippen molar-refractivity contribution in [3.8, 4) is 0 Å². The normalized spacial score (nSPS) is 10.3. The van der Waals surface area contributed by atoms with Crippen LogP contribution in [-0.4, -0.2) is 13.0 Å². The third-order valence-electron chi connectivity index (χ3n) is 3.03. The third kappa shape index (κ3) is 2.57. The maximum absolute atomic E-state index is 13.2. The fourth-order valence-corrected chi connectivity index (χ4v) is 1.94. The molecule has 2 aromatic rings. The minimum atomic E-state index is -0.476. The highest BCUT2D eigenvalue weighted by atomic mass is 19.1. The first-order valence-electron chi connectivity index (χ1n) is 5.89. The molecule has 0 spiro atoms. The number of halogens is 1. The molecule has 98 valence electrons. The molecular formula is C15H15FN2O. The van der Waals surface area contributed by atoms with E-state index in [4.69, 9.17) is 5.73 Å². The first-order valence-corrected chi connectivity index (χ1v) is 5.89. The summed E-state index contributed by atoms with van der Waals surface area (Å²) in [4.78, 5) is 13.8. The van der Waals surface area contributed by atoms with Crippen molar-refractivity contribution in [1.29, 1.82) is 0 Å². The summed E-state index contributed by atoms with van der Waals surface area (Å²) in [5.74, 6) is -0.804. The number of benzene rings is 2. The van der Waals surface area contributed by atoms with Gasteiger partial charge in [0.25, 0.3) is 5.91 Å². The van der Waals surface area contributed by atoms with E-state index < -0.39 is 5.82 Å². The molecule has 0 fully saturated rings. The van der Waals surface area contributed by atoms with Gasteiger partial charge in [-0.15, -0.1) is 0 Å². The highest BCUT2D eigenvalue weighted by molar-refractivity contribution is 6.09. The Morgan fingerprint density at radius 2 is 1.89 bits per heavy atom. The Hall–Kier alpha value is -2.36. The van der Waals surface area contributed by atoms with Gasteiger partial charge in [0.1, 0.15) is 5.82 Å². The van der Waals surface area contributed by atoms with Crippen molar-refractivity contribution in [2.45, 2.75) is 6.92 Å². The van der Waals surface area contributed by atoms with Crippen molar-refractivity contribution in [3.63, 3.8) is 0 Å². The van der Waals surface area contributed by atoms with Gasteiger partial charge in [-0.1, -0.05) is 18.2 Å². The van der Waals surface area contributed by atoms with Crippen LogP contribution in [0.1, 0.15) is 15.9 Å². The summed E-state index contributed by atoms with van der Waals surface area (Å²) < 4.78 is 13.2. The maximum atomic E-state index is 13.2. The summed E-state index contributed by atoms with van der Waals surface area (Å²) in [5, 5.41) is 0. The minimum Gasteiger partial charge on any atom is -0.398 e. The number of hydrogen-bond donors (Lipinski definition) is 1. The standard InChI is InChI=1S/C15H15FN2O/c1-10-5-3-4-6-14(10)18(2)15(19)12-9-11(16)7-8-13(12)17/h3-9H,17H2,1-2H3. The largest absolute Gasteiger partial charge is 0.398 e. The lowest BCUT2D eigenvalue weighted by Gasteiger charge is -2.20. The number of aryl methyl sites for hydroxylation is 1. The van der Waals surface area contributed by atoms with Crippen LogP contribution in [0, 0.1) is 12.7 Å². The summed E-state index contributed by atoms with van der Waals surface area (Å²) in [7, 11) is 1.65. The minimum absolute atomic E-state index is 0.172. The third-order valence-corrected chi connectivity index (χ3v) is 3.03. The molecule has 0 aromatic heterocycles. The Morgan fingerprint density at radius 1 is 1.21 bits per heavy atom. The molecule has 2 rings (SSSR count). The van der Waals surface area contributed by atoms with Gasteiger partial charge >= 0.3 is 0 Å². The van der Waals surface area contributed by atoms with Crippen LogP contribution in [0.5, 0.6) is 0 Å². The second kappa shape index (κ2) is 5.10. The van der Waals surface area contributed by atoms with E-state index in [-0.39, 0.29) is 17.2 Å². The second-order valence-electron chi connectivity index (χ2n) is 4.38. The Kier molecular flexibility index (Phi) is 3.51. The highest BCUT2D eigenvalue weighted by Gasteiger charge is 2.17. The Morgan fingerprint density at radius 3 is 2.58 bits per heavy atom. The van der Waals surface area contributed by atoms with Crippen LogP contribution in [0.4, 0.5) is 15.8 Å². The van der Waals surface area contributed by atoms with Gasteiger partial charge in [0.2, 0.25) is 0 Å². The highest BCUT2D eigenvalue weighted by Crippen LogP contribution is 2.22. The molecule has 1 amide bonds. The van der Waals surface area contributed by atoms with E-state index in [1.54, 1.807) is 7.05 Å². The molecule has 0 atom stereocenters. The van der Waals surface area contributed by atoms with E-state index >= 15 is 0 Å². The lowest BCUT2D eigenvalue weighted by Crippen LogP contribution is -2.27. The predicted octanol–water partition coefficient (Wildman–Crippen LogP) is 2.99. The van der Waals surface area contributed by atoms with Gasteiger partial charge in [0.05, 0.1) is 5.56 Å². The molecule has 0 heterocycles. The fraction of sp³-hybridized carbons (Fsp3) is 0.133. The van der Waals surface area contributed by atoms with Gasteiger partial charge < -0.3 is 10.6 Å². The van der Waals surface area contributed by atoms with Gasteiger partial charge in [-0.25, -0.2) is 4.39 Å². The molecule has 4 heteroatoms. The molecule has 0 aliphatic carbocycles. The number of carbonyl (C=O) groups excluding carboxylic acids is 1. The van der Waals surface area contributed by atoms with Gasteiger partial charge in [-0.05, 0) is 36.8 Å². The summed E-state index contributed by atoms with van der Waals surface area (Å²) in [6.45, 7) is 1.91. The lowest BCUT2D eigenvalue weighted by atomic mass is 10.1. The van der Waals surface area contributed by atoms with Crippen molar-refractivity contribution in [2.24, 2.45) is 0 Å². The molecule has 0 saturated heterocycles. The first kappa shape index (κ1) is 13.1. The van der Waals surface area contributed by atoms with Crippen LogP contribution < -0.4 is 10.6 Å². The molecule has 0 radical (unpaired) electrons. The molecule has 3 nitrogen and oxygen atoms in total. The van der Waals surface area contributed by atoms with Crippen LogP contribution in [0.15, 0.2) is 42.5 Å². The average Bonchev–Trinajstić information content (AvgIpc) is 2.40. The number of rotatable bonds is 2. The Balaban J connectivity index is 2.39. The average molecular weight is 258 g/mol. The molecule has 2 aromatic carbocycles. The van der Waals surface area contributed by atoms with Crippen LogP contribution in [0.25, 0.3) is 0 Å². The smallest absolute Gasteiger partial charge is 0.260 e.